The van der Waals surface area contributed by atoms with Gasteiger partial charge in [-0.05, 0) is 36.8 Å². The Kier molecular flexibility index (Phi) is 6.29. The Morgan fingerprint density at radius 1 is 1.08 bits per heavy atom. The second-order valence-electron chi connectivity index (χ2n) is 5.15. The highest BCUT2D eigenvalue weighted by Gasteiger charge is 2.26. The van der Waals surface area contributed by atoms with E-state index in [0.717, 1.165) is 11.3 Å². The third-order valence-corrected chi connectivity index (χ3v) is 4.64. The van der Waals surface area contributed by atoms with Crippen molar-refractivity contribution in [1.29, 1.82) is 0 Å². The highest BCUT2D eigenvalue weighted by atomic mass is 32.1. The average Bonchev–Trinajstić information content (AvgIpc) is 2.96. The minimum atomic E-state index is -0.671. The van der Waals surface area contributed by atoms with Gasteiger partial charge < -0.3 is 20.1 Å². The van der Waals surface area contributed by atoms with Crippen molar-refractivity contribution >= 4 is 39.9 Å². The summed E-state index contributed by atoms with van der Waals surface area (Å²) in [6.07, 6.45) is 0. The van der Waals surface area contributed by atoms with Gasteiger partial charge in [-0.1, -0.05) is 0 Å². The summed E-state index contributed by atoms with van der Waals surface area (Å²) in [7, 11) is 2.43. The Morgan fingerprint density at radius 2 is 1.69 bits per heavy atom. The molecule has 1 aromatic heterocycles. The lowest BCUT2D eigenvalue weighted by Crippen LogP contribution is -2.22. The predicted molar refractivity (Wildman–Crippen MR) is 95.3 cm³/mol. The summed E-state index contributed by atoms with van der Waals surface area (Å²) in [5.41, 5.74) is 1.04. The molecule has 0 aliphatic heterocycles. The van der Waals surface area contributed by atoms with Gasteiger partial charge in [-0.3, -0.25) is 4.79 Å². The lowest BCUT2D eigenvalue weighted by atomic mass is 10.1. The zero-order chi connectivity index (χ0) is 19.3. The first-order chi connectivity index (χ1) is 12.4. The summed E-state index contributed by atoms with van der Waals surface area (Å²) in [5, 5.41) is 5.61. The fourth-order valence-electron chi connectivity index (χ4n) is 2.16. The summed E-state index contributed by atoms with van der Waals surface area (Å²) in [5.74, 6) is -2.11. The first-order valence-electron chi connectivity index (χ1n) is 7.46. The van der Waals surface area contributed by atoms with Crippen LogP contribution in [0.2, 0.25) is 0 Å². The molecule has 2 N–H and O–H groups in total. The van der Waals surface area contributed by atoms with E-state index < -0.39 is 17.8 Å². The molecule has 2 aromatic rings. The van der Waals surface area contributed by atoms with E-state index >= 15 is 0 Å². The van der Waals surface area contributed by atoms with Crippen molar-refractivity contribution in [2.75, 3.05) is 31.4 Å². The van der Waals surface area contributed by atoms with Crippen molar-refractivity contribution < 1.29 is 28.2 Å². The summed E-state index contributed by atoms with van der Waals surface area (Å²) in [4.78, 5) is 36.2. The van der Waals surface area contributed by atoms with Crippen LogP contribution in [-0.2, 0) is 14.3 Å². The van der Waals surface area contributed by atoms with Gasteiger partial charge in [0, 0.05) is 5.69 Å². The molecule has 0 aliphatic carbocycles. The van der Waals surface area contributed by atoms with Crippen LogP contribution in [-0.4, -0.2) is 38.6 Å². The van der Waals surface area contributed by atoms with Crippen LogP contribution in [0.1, 0.15) is 25.6 Å². The number of thiophene rings is 1. The molecule has 0 bridgehead atoms. The number of amides is 1. The number of methoxy groups -OCH3 is 2. The van der Waals surface area contributed by atoms with Gasteiger partial charge in [-0.25, -0.2) is 14.0 Å². The molecule has 1 amide bonds. The smallest absolute Gasteiger partial charge is 0.348 e. The van der Waals surface area contributed by atoms with Crippen molar-refractivity contribution in [3.8, 4) is 0 Å². The Hall–Kier alpha value is -2.94. The molecule has 138 valence electrons. The van der Waals surface area contributed by atoms with Crippen LogP contribution >= 0.6 is 11.3 Å². The molecule has 1 heterocycles. The summed E-state index contributed by atoms with van der Waals surface area (Å²) in [6.45, 7) is 1.46. The zero-order valence-electron chi connectivity index (χ0n) is 14.3. The van der Waals surface area contributed by atoms with Crippen LogP contribution < -0.4 is 10.6 Å². The van der Waals surface area contributed by atoms with Gasteiger partial charge in [-0.15, -0.1) is 11.3 Å². The summed E-state index contributed by atoms with van der Waals surface area (Å²) in [6, 6.07) is 5.52. The van der Waals surface area contributed by atoms with E-state index in [4.69, 9.17) is 4.74 Å². The van der Waals surface area contributed by atoms with E-state index in [0.29, 0.717) is 11.3 Å². The third kappa shape index (κ3) is 4.37. The van der Waals surface area contributed by atoms with Crippen molar-refractivity contribution in [3.05, 3.63) is 46.1 Å². The highest BCUT2D eigenvalue weighted by molar-refractivity contribution is 7.18. The van der Waals surface area contributed by atoms with Crippen LogP contribution in [0.5, 0.6) is 0 Å². The SMILES string of the molecule is COC(=O)c1sc(NC(=O)CNc2ccc(F)cc2)c(C(=O)OC)c1C. The maximum atomic E-state index is 12.9. The number of carbonyl (C=O) groups is 3. The molecule has 0 unspecified atom stereocenters. The topological polar surface area (TPSA) is 93.7 Å². The van der Waals surface area contributed by atoms with Crippen molar-refractivity contribution in [2.45, 2.75) is 6.92 Å². The maximum Gasteiger partial charge on any atom is 0.348 e. The summed E-state index contributed by atoms with van der Waals surface area (Å²) >= 11 is 0.930. The fraction of sp³-hybridized carbons (Fsp3) is 0.235. The number of hydrogen-bond acceptors (Lipinski definition) is 7. The first-order valence-corrected chi connectivity index (χ1v) is 8.28. The number of esters is 2. The minimum Gasteiger partial charge on any atom is -0.465 e. The van der Waals surface area contributed by atoms with Crippen LogP contribution in [0.4, 0.5) is 15.1 Å². The molecule has 2 rings (SSSR count). The first kappa shape index (κ1) is 19.4. The molecule has 7 nitrogen and oxygen atoms in total. The van der Waals surface area contributed by atoms with E-state index in [1.54, 1.807) is 6.92 Å². The third-order valence-electron chi connectivity index (χ3n) is 3.46. The number of nitrogens with one attached hydrogen (secondary N) is 2. The number of carbonyl (C=O) groups excluding carboxylic acids is 3. The van der Waals surface area contributed by atoms with Crippen LogP contribution in [0.15, 0.2) is 24.3 Å². The molecule has 9 heteroatoms. The van der Waals surface area contributed by atoms with Crippen LogP contribution in [0.3, 0.4) is 0 Å². The van der Waals surface area contributed by atoms with Gasteiger partial charge in [-0.2, -0.15) is 0 Å². The molecule has 0 radical (unpaired) electrons. The maximum absolute atomic E-state index is 12.9. The molecule has 0 saturated heterocycles. The summed E-state index contributed by atoms with van der Waals surface area (Å²) < 4.78 is 22.3. The highest BCUT2D eigenvalue weighted by Crippen LogP contribution is 2.34. The largest absolute Gasteiger partial charge is 0.465 e. The number of halogens is 1. The number of rotatable bonds is 6. The second kappa shape index (κ2) is 8.43. The van der Waals surface area contributed by atoms with Crippen molar-refractivity contribution in [3.63, 3.8) is 0 Å². The monoisotopic (exact) mass is 380 g/mol. The van der Waals surface area contributed by atoms with Crippen molar-refractivity contribution in [2.24, 2.45) is 0 Å². The minimum absolute atomic E-state index is 0.105. The van der Waals surface area contributed by atoms with Gasteiger partial charge in [0.25, 0.3) is 0 Å². The Balaban J connectivity index is 2.16. The number of benzene rings is 1. The quantitative estimate of drug-likeness (QED) is 0.749. The zero-order valence-corrected chi connectivity index (χ0v) is 15.2. The molecule has 0 spiro atoms. The Bertz CT molecular complexity index is 832. The number of hydrogen-bond donors (Lipinski definition) is 2. The molecule has 26 heavy (non-hydrogen) atoms. The van der Waals surface area contributed by atoms with Gasteiger partial charge in [0.15, 0.2) is 0 Å². The Labute approximate surface area is 153 Å². The predicted octanol–water partition coefficient (Wildman–Crippen LogP) is 2.82. The lowest BCUT2D eigenvalue weighted by molar-refractivity contribution is -0.114. The molecule has 0 aliphatic rings. The fourth-order valence-corrected chi connectivity index (χ4v) is 3.29. The van der Waals surface area contributed by atoms with Gasteiger partial charge in [0.2, 0.25) is 5.91 Å². The second-order valence-corrected chi connectivity index (χ2v) is 6.17. The number of ether oxygens (including phenoxy) is 2. The van der Waals surface area contributed by atoms with Gasteiger partial charge >= 0.3 is 11.9 Å². The molecule has 1 aromatic carbocycles. The van der Waals surface area contributed by atoms with Crippen LogP contribution in [0, 0.1) is 12.7 Å². The standard InChI is InChI=1S/C17H17FN2O5S/c1-9-13(16(22)24-2)15(26-14(9)17(23)25-3)20-12(21)8-19-11-6-4-10(18)5-7-11/h4-7,19H,8H2,1-3H3,(H,20,21). The molecule has 0 fully saturated rings. The molecular formula is C17H17FN2O5S. The van der Waals surface area contributed by atoms with Crippen molar-refractivity contribution in [1.82, 2.24) is 0 Å². The molecule has 0 atom stereocenters. The van der Waals surface area contributed by atoms with Gasteiger partial charge in [0.1, 0.15) is 15.7 Å². The van der Waals surface area contributed by atoms with E-state index in [1.807, 2.05) is 0 Å². The van der Waals surface area contributed by atoms with Crippen LogP contribution in [0.25, 0.3) is 0 Å². The van der Waals surface area contributed by atoms with E-state index in [1.165, 1.54) is 38.5 Å². The average molecular weight is 380 g/mol. The normalized spacial score (nSPS) is 10.2. The lowest BCUT2D eigenvalue weighted by Gasteiger charge is -2.08. The number of anilines is 2. The van der Waals surface area contributed by atoms with E-state index in [9.17, 15) is 18.8 Å². The van der Waals surface area contributed by atoms with E-state index in [2.05, 4.69) is 15.4 Å². The molecular weight excluding hydrogens is 363 g/mol. The van der Waals surface area contributed by atoms with E-state index in [-0.39, 0.29) is 27.8 Å². The van der Waals surface area contributed by atoms with Gasteiger partial charge in [0.05, 0.1) is 26.3 Å². The Morgan fingerprint density at radius 3 is 2.27 bits per heavy atom. The molecule has 0 saturated carbocycles.